The molecule has 0 saturated carbocycles. The fraction of sp³-hybridized carbons (Fsp3) is 0.429. The highest BCUT2D eigenvalue weighted by atomic mass is 16.5. The number of aromatic nitrogens is 1. The molecule has 2 fully saturated rings. The molecule has 0 bridgehead atoms. The largest absolute Gasteiger partial charge is 0.370 e. The number of H-pyrrole nitrogens is 1. The molecular weight excluding hydrogens is 440 g/mol. The molecule has 2 amide bonds. The maximum Gasteiger partial charge on any atom is 0.246 e. The highest BCUT2D eigenvalue weighted by Gasteiger charge is 2.48. The van der Waals surface area contributed by atoms with E-state index in [0.717, 1.165) is 67.0 Å². The standard InChI is InChI=1S/C28H32N4O3/c1-19-7-9-20(10-8-19)27-26-22(21-5-2-3-6-23(21)29-26)17-24-28(34)31(18-25(33)32(24)27)12-4-11-30-13-15-35-16-14-30/h2-3,5-10,24,27,29H,4,11-18H2,1H3/p+1/t24-,27+/m0/s1. The zero-order valence-electron chi connectivity index (χ0n) is 20.3. The van der Waals surface area contributed by atoms with Crippen molar-refractivity contribution in [3.63, 3.8) is 0 Å². The molecule has 7 heteroatoms. The van der Waals surface area contributed by atoms with Gasteiger partial charge in [0.05, 0.1) is 32.3 Å². The van der Waals surface area contributed by atoms with Crippen LogP contribution in [-0.4, -0.2) is 78.6 Å². The minimum Gasteiger partial charge on any atom is -0.370 e. The van der Waals surface area contributed by atoms with Crippen LogP contribution in [0.4, 0.5) is 0 Å². The van der Waals surface area contributed by atoms with E-state index >= 15 is 0 Å². The van der Waals surface area contributed by atoms with Crippen molar-refractivity contribution in [1.29, 1.82) is 0 Å². The molecule has 35 heavy (non-hydrogen) atoms. The van der Waals surface area contributed by atoms with Crippen LogP contribution in [-0.2, 0) is 20.7 Å². The average Bonchev–Trinajstić information content (AvgIpc) is 3.25. The lowest BCUT2D eigenvalue weighted by Gasteiger charge is -2.47. The number of quaternary nitrogens is 1. The molecule has 2 aromatic carbocycles. The fourth-order valence-electron chi connectivity index (χ4n) is 6.04. The van der Waals surface area contributed by atoms with E-state index in [4.69, 9.17) is 4.74 Å². The topological polar surface area (TPSA) is 70.1 Å². The number of rotatable bonds is 5. The summed E-state index contributed by atoms with van der Waals surface area (Å²) >= 11 is 0. The molecule has 3 aliphatic rings. The molecule has 2 saturated heterocycles. The molecule has 2 atom stereocenters. The lowest BCUT2D eigenvalue weighted by atomic mass is 9.86. The normalized spacial score (nSPS) is 23.0. The number of nitrogens with one attached hydrogen (secondary N) is 2. The first-order valence-corrected chi connectivity index (χ1v) is 12.8. The van der Waals surface area contributed by atoms with Crippen molar-refractivity contribution >= 4 is 22.7 Å². The van der Waals surface area contributed by atoms with Crippen LogP contribution < -0.4 is 4.90 Å². The predicted octanol–water partition coefficient (Wildman–Crippen LogP) is 1.47. The van der Waals surface area contributed by atoms with Crippen molar-refractivity contribution in [3.05, 3.63) is 70.9 Å². The summed E-state index contributed by atoms with van der Waals surface area (Å²) in [5.41, 5.74) is 5.47. The number of morpholine rings is 1. The minimum atomic E-state index is -0.468. The Morgan fingerprint density at radius 3 is 2.63 bits per heavy atom. The third-order valence-electron chi connectivity index (χ3n) is 7.89. The van der Waals surface area contributed by atoms with Crippen LogP contribution in [0.25, 0.3) is 10.9 Å². The zero-order chi connectivity index (χ0) is 23.9. The summed E-state index contributed by atoms with van der Waals surface area (Å²) in [6.45, 7) is 7.51. The number of carbonyl (C=O) groups is 2. The van der Waals surface area contributed by atoms with Gasteiger partial charge in [-0.2, -0.15) is 0 Å². The molecule has 4 heterocycles. The van der Waals surface area contributed by atoms with Crippen LogP contribution in [0.2, 0.25) is 0 Å². The molecule has 3 aromatic rings. The Balaban J connectivity index is 1.31. The van der Waals surface area contributed by atoms with Crippen molar-refractivity contribution in [2.75, 3.05) is 45.9 Å². The van der Waals surface area contributed by atoms with Crippen LogP contribution in [0.5, 0.6) is 0 Å². The quantitative estimate of drug-likeness (QED) is 0.590. The Bertz CT molecular complexity index is 1240. The number of piperazine rings is 1. The number of hydrogen-bond acceptors (Lipinski definition) is 3. The molecule has 7 nitrogen and oxygen atoms in total. The lowest BCUT2D eigenvalue weighted by Crippen LogP contribution is -3.14. The number of ether oxygens (including phenoxy) is 1. The van der Waals surface area contributed by atoms with E-state index in [-0.39, 0.29) is 24.4 Å². The van der Waals surface area contributed by atoms with Gasteiger partial charge in [0.1, 0.15) is 19.1 Å². The summed E-state index contributed by atoms with van der Waals surface area (Å²) in [7, 11) is 0. The molecule has 3 aliphatic heterocycles. The van der Waals surface area contributed by atoms with E-state index in [2.05, 4.69) is 48.3 Å². The van der Waals surface area contributed by atoms with Crippen molar-refractivity contribution in [3.8, 4) is 0 Å². The molecule has 0 spiro atoms. The first kappa shape index (κ1) is 22.3. The Morgan fingerprint density at radius 1 is 1.06 bits per heavy atom. The van der Waals surface area contributed by atoms with E-state index in [0.29, 0.717) is 13.0 Å². The van der Waals surface area contributed by atoms with Gasteiger partial charge in [0, 0.05) is 36.0 Å². The monoisotopic (exact) mass is 473 g/mol. The second-order valence-electron chi connectivity index (χ2n) is 10.1. The van der Waals surface area contributed by atoms with E-state index in [1.807, 2.05) is 17.0 Å². The van der Waals surface area contributed by atoms with Crippen molar-refractivity contribution in [2.24, 2.45) is 0 Å². The van der Waals surface area contributed by atoms with Crippen molar-refractivity contribution in [2.45, 2.75) is 31.8 Å². The lowest BCUT2D eigenvalue weighted by molar-refractivity contribution is -0.908. The van der Waals surface area contributed by atoms with Crippen LogP contribution in [0.15, 0.2) is 48.5 Å². The zero-order valence-corrected chi connectivity index (χ0v) is 20.3. The summed E-state index contributed by atoms with van der Waals surface area (Å²) in [4.78, 5) is 36.2. The van der Waals surface area contributed by atoms with E-state index in [1.165, 1.54) is 10.5 Å². The van der Waals surface area contributed by atoms with Gasteiger partial charge in [0.25, 0.3) is 0 Å². The predicted molar refractivity (Wildman–Crippen MR) is 133 cm³/mol. The third-order valence-corrected chi connectivity index (χ3v) is 7.89. The van der Waals surface area contributed by atoms with Crippen LogP contribution in [0.3, 0.4) is 0 Å². The number of amides is 2. The van der Waals surface area contributed by atoms with Gasteiger partial charge >= 0.3 is 0 Å². The summed E-state index contributed by atoms with van der Waals surface area (Å²) in [5.74, 6) is 0.109. The molecule has 0 radical (unpaired) electrons. The van der Waals surface area contributed by atoms with Crippen LogP contribution in [0, 0.1) is 6.92 Å². The first-order chi connectivity index (χ1) is 17.1. The molecular formula is C28H33N4O3+. The van der Waals surface area contributed by atoms with Gasteiger partial charge in [0.2, 0.25) is 11.8 Å². The number of carbonyl (C=O) groups excluding carboxylic acids is 2. The Hall–Kier alpha value is -3.16. The number of nitrogens with zero attached hydrogens (tertiary/aromatic N) is 2. The number of aromatic amines is 1. The van der Waals surface area contributed by atoms with Gasteiger partial charge in [-0.3, -0.25) is 9.59 Å². The van der Waals surface area contributed by atoms with E-state index < -0.39 is 6.04 Å². The fourth-order valence-corrected chi connectivity index (χ4v) is 6.04. The van der Waals surface area contributed by atoms with Crippen molar-refractivity contribution in [1.82, 2.24) is 14.8 Å². The highest BCUT2D eigenvalue weighted by Crippen LogP contribution is 2.42. The maximum absolute atomic E-state index is 13.8. The first-order valence-electron chi connectivity index (χ1n) is 12.8. The molecule has 0 unspecified atom stereocenters. The second kappa shape index (κ2) is 9.13. The number of para-hydroxylation sites is 1. The molecule has 2 N–H and O–H groups in total. The molecule has 1 aromatic heterocycles. The number of benzene rings is 2. The highest BCUT2D eigenvalue weighted by molar-refractivity contribution is 5.97. The Labute approximate surface area is 205 Å². The van der Waals surface area contributed by atoms with Crippen molar-refractivity contribution < 1.29 is 19.2 Å². The van der Waals surface area contributed by atoms with Gasteiger partial charge in [-0.15, -0.1) is 0 Å². The second-order valence-corrected chi connectivity index (χ2v) is 10.1. The maximum atomic E-state index is 13.8. The van der Waals surface area contributed by atoms with Crippen LogP contribution in [0.1, 0.15) is 34.8 Å². The summed E-state index contributed by atoms with van der Waals surface area (Å²) < 4.78 is 5.45. The molecule has 182 valence electrons. The number of hydrogen-bond donors (Lipinski definition) is 2. The number of aryl methyl sites for hydroxylation is 1. The third kappa shape index (κ3) is 4.02. The van der Waals surface area contributed by atoms with E-state index in [1.54, 1.807) is 4.90 Å². The summed E-state index contributed by atoms with van der Waals surface area (Å²) in [5, 5.41) is 1.15. The Morgan fingerprint density at radius 2 is 1.83 bits per heavy atom. The molecule has 6 rings (SSSR count). The summed E-state index contributed by atoms with van der Waals surface area (Å²) in [6.07, 6.45) is 1.46. The number of fused-ring (bicyclic) bond motifs is 4. The van der Waals surface area contributed by atoms with Gasteiger partial charge in [0.15, 0.2) is 0 Å². The Kier molecular flexibility index (Phi) is 5.82. The van der Waals surface area contributed by atoms with Gasteiger partial charge < -0.3 is 24.4 Å². The minimum absolute atomic E-state index is 0.0307. The smallest absolute Gasteiger partial charge is 0.246 e. The molecule has 0 aliphatic carbocycles. The van der Waals surface area contributed by atoms with Crippen LogP contribution >= 0.6 is 0 Å². The average molecular weight is 474 g/mol. The van der Waals surface area contributed by atoms with Gasteiger partial charge in [-0.1, -0.05) is 48.0 Å². The van der Waals surface area contributed by atoms with Gasteiger partial charge in [-0.05, 0) is 24.1 Å². The SMILES string of the molecule is Cc1ccc([C@@H]2c3[nH]c4ccccc4c3C[C@H]3C(=O)N(CCC[NH+]4CCOCC4)CC(=O)N23)cc1. The van der Waals surface area contributed by atoms with E-state index in [9.17, 15) is 9.59 Å². The summed E-state index contributed by atoms with van der Waals surface area (Å²) in [6, 6.07) is 15.8. The van der Waals surface area contributed by atoms with Gasteiger partial charge in [-0.25, -0.2) is 0 Å².